The number of phenols is 1. The van der Waals surface area contributed by atoms with Gasteiger partial charge in [0.2, 0.25) is 0 Å². The maximum atomic E-state index is 12.2. The van der Waals surface area contributed by atoms with E-state index < -0.39 is 5.41 Å². The fourth-order valence-electron chi connectivity index (χ4n) is 4.28. The topological polar surface area (TPSA) is 49.8 Å². The number of aromatic hydroxyl groups is 1. The highest BCUT2D eigenvalue weighted by Crippen LogP contribution is 2.36. The average molecular weight is 454 g/mol. The summed E-state index contributed by atoms with van der Waals surface area (Å²) in [6.45, 7) is 15.8. The second kappa shape index (κ2) is 12.2. The van der Waals surface area contributed by atoms with Gasteiger partial charge in [-0.05, 0) is 91.1 Å². The predicted octanol–water partition coefficient (Wildman–Crippen LogP) is 6.90. The van der Waals surface area contributed by atoms with Crippen LogP contribution in [0.1, 0.15) is 90.3 Å². The van der Waals surface area contributed by atoms with Gasteiger partial charge < -0.3 is 9.84 Å². The van der Waals surface area contributed by atoms with E-state index in [-0.39, 0.29) is 18.5 Å². The Morgan fingerprint density at radius 1 is 0.970 bits per heavy atom. The van der Waals surface area contributed by atoms with E-state index in [1.165, 1.54) is 5.56 Å². The van der Waals surface area contributed by atoms with Crippen molar-refractivity contribution in [2.45, 2.75) is 92.3 Å². The minimum atomic E-state index is -0.536. The van der Waals surface area contributed by atoms with Crippen LogP contribution < -0.4 is 0 Å². The normalized spacial score (nSPS) is 13.0. The average Bonchev–Trinajstić information content (AvgIpc) is 2.75. The van der Waals surface area contributed by atoms with E-state index in [2.05, 4.69) is 44.7 Å². The van der Waals surface area contributed by atoms with Crippen LogP contribution in [0.3, 0.4) is 0 Å². The molecule has 2 aromatic rings. The van der Waals surface area contributed by atoms with E-state index in [9.17, 15) is 9.90 Å². The molecule has 1 unspecified atom stereocenters. The maximum Gasteiger partial charge on any atom is 0.311 e. The van der Waals surface area contributed by atoms with Crippen LogP contribution in [-0.2, 0) is 16.1 Å². The van der Waals surface area contributed by atoms with Crippen LogP contribution in [0.2, 0.25) is 0 Å². The highest BCUT2D eigenvalue weighted by atomic mass is 16.5. The van der Waals surface area contributed by atoms with Gasteiger partial charge in [0.05, 0.1) is 5.41 Å². The molecule has 4 heteroatoms. The lowest BCUT2D eigenvalue weighted by molar-refractivity contribution is -0.154. The molecular formula is C29H43NO3. The standard InChI is InChI=1S/C29H43NO3/c1-21(2)30(22(3)4)18-12-11-15-25(24-13-9-8-10-14-24)26-19-23(16-17-27(26)31)20-33-28(32)29(5,6)7/h8-10,13-14,16-17,19,21-22,25,31H,11-12,15,18,20H2,1-7H3. The highest BCUT2D eigenvalue weighted by molar-refractivity contribution is 5.75. The summed E-state index contributed by atoms with van der Waals surface area (Å²) in [6.07, 6.45) is 3.13. The molecule has 0 aliphatic heterocycles. The highest BCUT2D eigenvalue weighted by Gasteiger charge is 2.24. The third-order valence-corrected chi connectivity index (χ3v) is 6.14. The number of hydrogen-bond donors (Lipinski definition) is 1. The van der Waals surface area contributed by atoms with Gasteiger partial charge in [-0.25, -0.2) is 0 Å². The fraction of sp³-hybridized carbons (Fsp3) is 0.552. The summed E-state index contributed by atoms with van der Waals surface area (Å²) in [5.74, 6) is 0.161. The summed E-state index contributed by atoms with van der Waals surface area (Å²) in [4.78, 5) is 14.7. The van der Waals surface area contributed by atoms with Gasteiger partial charge in [-0.1, -0.05) is 42.8 Å². The molecule has 2 aromatic carbocycles. The quantitative estimate of drug-likeness (QED) is 0.297. The van der Waals surface area contributed by atoms with E-state index in [1.807, 2.05) is 51.1 Å². The first-order chi connectivity index (χ1) is 15.5. The van der Waals surface area contributed by atoms with Gasteiger partial charge in [-0.2, -0.15) is 0 Å². The summed E-state index contributed by atoms with van der Waals surface area (Å²) < 4.78 is 5.52. The number of carbonyl (C=O) groups is 1. The molecule has 0 radical (unpaired) electrons. The third kappa shape index (κ3) is 8.19. The van der Waals surface area contributed by atoms with E-state index in [0.717, 1.165) is 36.9 Å². The van der Waals surface area contributed by atoms with Crippen molar-refractivity contribution in [2.75, 3.05) is 6.54 Å². The molecule has 2 rings (SSSR count). The van der Waals surface area contributed by atoms with Crippen LogP contribution in [0.25, 0.3) is 0 Å². The molecule has 0 aliphatic rings. The Morgan fingerprint density at radius 2 is 1.61 bits per heavy atom. The minimum absolute atomic E-state index is 0.0935. The summed E-state index contributed by atoms with van der Waals surface area (Å²) in [6, 6.07) is 17.0. The molecule has 1 atom stereocenters. The van der Waals surface area contributed by atoms with Gasteiger partial charge in [0.1, 0.15) is 12.4 Å². The molecule has 0 amide bonds. The van der Waals surface area contributed by atoms with Crippen LogP contribution in [0.15, 0.2) is 48.5 Å². The second-order valence-corrected chi connectivity index (χ2v) is 10.6. The van der Waals surface area contributed by atoms with Gasteiger partial charge in [0, 0.05) is 23.6 Å². The van der Waals surface area contributed by atoms with Gasteiger partial charge in [0.15, 0.2) is 0 Å². The molecule has 0 saturated carbocycles. The zero-order valence-corrected chi connectivity index (χ0v) is 21.6. The van der Waals surface area contributed by atoms with Crippen molar-refractivity contribution in [1.82, 2.24) is 4.90 Å². The first-order valence-corrected chi connectivity index (χ1v) is 12.3. The van der Waals surface area contributed by atoms with Crippen LogP contribution in [0, 0.1) is 5.41 Å². The maximum absolute atomic E-state index is 12.2. The van der Waals surface area contributed by atoms with Crippen LogP contribution >= 0.6 is 0 Å². The van der Waals surface area contributed by atoms with Crippen molar-refractivity contribution in [3.8, 4) is 5.75 Å². The zero-order chi connectivity index (χ0) is 24.6. The first-order valence-electron chi connectivity index (χ1n) is 12.3. The summed E-state index contributed by atoms with van der Waals surface area (Å²) in [7, 11) is 0. The molecule has 0 saturated heterocycles. The van der Waals surface area contributed by atoms with Crippen LogP contribution in [0.4, 0.5) is 0 Å². The third-order valence-electron chi connectivity index (χ3n) is 6.14. The van der Waals surface area contributed by atoms with Crippen molar-refractivity contribution in [2.24, 2.45) is 5.41 Å². The van der Waals surface area contributed by atoms with Crippen molar-refractivity contribution >= 4 is 5.97 Å². The summed E-state index contributed by atoms with van der Waals surface area (Å²) >= 11 is 0. The number of benzene rings is 2. The van der Waals surface area contributed by atoms with Crippen LogP contribution in [-0.4, -0.2) is 34.6 Å². The number of carbonyl (C=O) groups excluding carboxylic acids is 1. The Hall–Kier alpha value is -2.33. The Bertz CT molecular complexity index is 860. The Labute approximate surface area is 201 Å². The zero-order valence-electron chi connectivity index (χ0n) is 21.6. The van der Waals surface area contributed by atoms with Crippen molar-refractivity contribution in [3.05, 3.63) is 65.2 Å². The lowest BCUT2D eigenvalue weighted by Gasteiger charge is -2.30. The molecule has 4 nitrogen and oxygen atoms in total. The molecule has 182 valence electrons. The molecule has 33 heavy (non-hydrogen) atoms. The van der Waals surface area contributed by atoms with E-state index in [4.69, 9.17) is 4.74 Å². The Balaban J connectivity index is 2.18. The molecular weight excluding hydrogens is 410 g/mol. The summed E-state index contributed by atoms with van der Waals surface area (Å²) in [5, 5.41) is 10.7. The van der Waals surface area contributed by atoms with E-state index in [0.29, 0.717) is 17.8 Å². The van der Waals surface area contributed by atoms with Crippen molar-refractivity contribution in [1.29, 1.82) is 0 Å². The number of nitrogens with zero attached hydrogens (tertiary/aromatic N) is 1. The molecule has 0 aromatic heterocycles. The molecule has 1 N–H and O–H groups in total. The number of phenolic OH excluding ortho intramolecular Hbond substituents is 1. The van der Waals surface area contributed by atoms with Gasteiger partial charge >= 0.3 is 5.97 Å². The fourth-order valence-corrected chi connectivity index (χ4v) is 4.28. The molecule has 0 spiro atoms. The predicted molar refractivity (Wildman–Crippen MR) is 136 cm³/mol. The number of hydrogen-bond acceptors (Lipinski definition) is 4. The van der Waals surface area contributed by atoms with Crippen molar-refractivity contribution in [3.63, 3.8) is 0 Å². The largest absolute Gasteiger partial charge is 0.508 e. The molecule has 0 bridgehead atoms. The Morgan fingerprint density at radius 3 is 2.18 bits per heavy atom. The lowest BCUT2D eigenvalue weighted by atomic mass is 9.85. The van der Waals surface area contributed by atoms with Crippen molar-refractivity contribution < 1.29 is 14.6 Å². The van der Waals surface area contributed by atoms with Gasteiger partial charge in [-0.15, -0.1) is 0 Å². The number of esters is 1. The second-order valence-electron chi connectivity index (χ2n) is 10.6. The molecule has 0 heterocycles. The van der Waals surface area contributed by atoms with Gasteiger partial charge in [-0.3, -0.25) is 9.69 Å². The smallest absolute Gasteiger partial charge is 0.311 e. The molecule has 0 aliphatic carbocycles. The SMILES string of the molecule is CC(C)N(CCCCC(c1ccccc1)c1cc(COC(=O)C(C)(C)C)ccc1O)C(C)C. The summed E-state index contributed by atoms with van der Waals surface area (Å²) in [5.41, 5.74) is 2.45. The van der Waals surface area contributed by atoms with E-state index in [1.54, 1.807) is 6.07 Å². The number of rotatable bonds is 11. The van der Waals surface area contributed by atoms with E-state index >= 15 is 0 Å². The molecule has 0 fully saturated rings. The van der Waals surface area contributed by atoms with Gasteiger partial charge in [0.25, 0.3) is 0 Å². The monoisotopic (exact) mass is 453 g/mol. The van der Waals surface area contributed by atoms with Crippen LogP contribution in [0.5, 0.6) is 5.75 Å². The Kier molecular flexibility index (Phi) is 9.97. The number of ether oxygens (including phenoxy) is 1. The minimum Gasteiger partial charge on any atom is -0.508 e. The number of unbranched alkanes of at least 4 members (excludes halogenated alkanes) is 1. The lowest BCUT2D eigenvalue weighted by Crippen LogP contribution is -2.37. The first kappa shape index (κ1) is 26.9.